The van der Waals surface area contributed by atoms with Crippen LogP contribution in [-0.4, -0.2) is 37.7 Å². The first-order valence-corrected chi connectivity index (χ1v) is 7.95. The Morgan fingerprint density at radius 1 is 1.19 bits per heavy atom. The number of hydrogen-bond acceptors (Lipinski definition) is 3. The van der Waals surface area contributed by atoms with E-state index >= 15 is 0 Å². The van der Waals surface area contributed by atoms with Gasteiger partial charge in [0.05, 0.1) is 6.61 Å². The van der Waals surface area contributed by atoms with Gasteiger partial charge in [-0.15, -0.1) is 12.4 Å². The smallest absolute Gasteiger partial charge is 0.119 e. The molecule has 3 rings (SSSR count). The zero-order valence-corrected chi connectivity index (χ0v) is 13.7. The van der Waals surface area contributed by atoms with Gasteiger partial charge in [0.25, 0.3) is 0 Å². The van der Waals surface area contributed by atoms with E-state index in [9.17, 15) is 0 Å². The number of nitrogens with one attached hydrogen (secondary N) is 1. The molecule has 1 aliphatic carbocycles. The van der Waals surface area contributed by atoms with Crippen molar-refractivity contribution in [2.45, 2.75) is 38.3 Å². The van der Waals surface area contributed by atoms with Gasteiger partial charge in [-0.2, -0.15) is 0 Å². The minimum atomic E-state index is 0. The molecule has 1 atom stereocenters. The topological polar surface area (TPSA) is 24.5 Å². The van der Waals surface area contributed by atoms with Gasteiger partial charge < -0.3 is 10.1 Å². The van der Waals surface area contributed by atoms with Crippen LogP contribution in [0.3, 0.4) is 0 Å². The van der Waals surface area contributed by atoms with Crippen molar-refractivity contribution in [1.29, 1.82) is 0 Å². The maximum atomic E-state index is 5.79. The van der Waals surface area contributed by atoms with Crippen LogP contribution in [0.25, 0.3) is 0 Å². The average Bonchev–Trinajstić information content (AvgIpc) is 3.31. The Morgan fingerprint density at radius 3 is 2.62 bits per heavy atom. The van der Waals surface area contributed by atoms with E-state index in [1.54, 1.807) is 0 Å². The Hall–Kier alpha value is -0.770. The fourth-order valence-corrected chi connectivity index (χ4v) is 2.88. The fraction of sp³-hybridized carbons (Fsp3) is 0.647. The van der Waals surface area contributed by atoms with Gasteiger partial charge >= 0.3 is 0 Å². The summed E-state index contributed by atoms with van der Waals surface area (Å²) in [6.07, 6.45) is 5.30. The Bertz CT molecular complexity index is 419. The molecule has 21 heavy (non-hydrogen) atoms. The Morgan fingerprint density at radius 2 is 1.95 bits per heavy atom. The van der Waals surface area contributed by atoms with Crippen LogP contribution in [0.4, 0.5) is 0 Å². The predicted octanol–water partition coefficient (Wildman–Crippen LogP) is 3.08. The molecular formula is C17H27ClN2O. The fourth-order valence-electron chi connectivity index (χ4n) is 2.88. The second-order valence-electron chi connectivity index (χ2n) is 6.26. The van der Waals surface area contributed by atoms with E-state index in [1.165, 1.54) is 37.8 Å². The number of rotatable bonds is 6. The summed E-state index contributed by atoms with van der Waals surface area (Å²) in [7, 11) is 2.07. The van der Waals surface area contributed by atoms with E-state index < -0.39 is 0 Å². The number of likely N-dealkylation sites (tertiary alicyclic amines) is 1. The lowest BCUT2D eigenvalue weighted by Gasteiger charge is -2.32. The number of benzene rings is 1. The third-order valence-corrected chi connectivity index (χ3v) is 4.43. The molecule has 1 heterocycles. The molecule has 1 aromatic carbocycles. The third kappa shape index (κ3) is 5.17. The first kappa shape index (κ1) is 16.6. The number of likely N-dealkylation sites (N-methyl/N-ethyl adjacent to an activating group) is 1. The van der Waals surface area contributed by atoms with Crippen molar-refractivity contribution >= 4 is 12.4 Å². The van der Waals surface area contributed by atoms with E-state index in [4.69, 9.17) is 4.74 Å². The SMILES string of the molecule is CNC1CCCN(Cc2ccc(OCC3CC3)cc2)C1.Cl. The number of ether oxygens (including phenoxy) is 1. The largest absolute Gasteiger partial charge is 0.493 e. The van der Waals surface area contributed by atoms with Crippen molar-refractivity contribution in [1.82, 2.24) is 10.2 Å². The molecule has 2 fully saturated rings. The summed E-state index contributed by atoms with van der Waals surface area (Å²) < 4.78 is 5.79. The highest BCUT2D eigenvalue weighted by Gasteiger charge is 2.22. The Kier molecular flexibility index (Phi) is 6.34. The van der Waals surface area contributed by atoms with Crippen LogP contribution < -0.4 is 10.1 Å². The quantitative estimate of drug-likeness (QED) is 0.874. The predicted molar refractivity (Wildman–Crippen MR) is 89.3 cm³/mol. The van der Waals surface area contributed by atoms with Crippen LogP contribution in [0.2, 0.25) is 0 Å². The maximum Gasteiger partial charge on any atom is 0.119 e. The highest BCUT2D eigenvalue weighted by atomic mass is 35.5. The van der Waals surface area contributed by atoms with Crippen molar-refractivity contribution < 1.29 is 4.74 Å². The summed E-state index contributed by atoms with van der Waals surface area (Å²) in [5, 5.41) is 3.40. The van der Waals surface area contributed by atoms with Crippen molar-refractivity contribution in [3.05, 3.63) is 29.8 Å². The monoisotopic (exact) mass is 310 g/mol. The second-order valence-corrected chi connectivity index (χ2v) is 6.26. The lowest BCUT2D eigenvalue weighted by Crippen LogP contribution is -2.43. The summed E-state index contributed by atoms with van der Waals surface area (Å²) in [5.74, 6) is 1.84. The van der Waals surface area contributed by atoms with Crippen molar-refractivity contribution in [3.8, 4) is 5.75 Å². The molecule has 0 spiro atoms. The molecule has 0 bridgehead atoms. The van der Waals surface area contributed by atoms with Crippen LogP contribution in [-0.2, 0) is 6.54 Å². The summed E-state index contributed by atoms with van der Waals surface area (Å²) in [6, 6.07) is 9.33. The normalized spacial score (nSPS) is 22.6. The van der Waals surface area contributed by atoms with Crippen LogP contribution >= 0.6 is 12.4 Å². The Balaban J connectivity index is 0.00000161. The molecule has 1 N–H and O–H groups in total. The first-order chi connectivity index (χ1) is 9.83. The van der Waals surface area contributed by atoms with Gasteiger partial charge in [-0.1, -0.05) is 12.1 Å². The number of nitrogens with zero attached hydrogens (tertiary/aromatic N) is 1. The van der Waals surface area contributed by atoms with Gasteiger partial charge in [0.1, 0.15) is 5.75 Å². The molecule has 0 radical (unpaired) electrons. The molecule has 118 valence electrons. The average molecular weight is 311 g/mol. The molecule has 1 aliphatic heterocycles. The molecule has 3 nitrogen and oxygen atoms in total. The van der Waals surface area contributed by atoms with Gasteiger partial charge in [-0.25, -0.2) is 0 Å². The molecule has 4 heteroatoms. The summed E-state index contributed by atoms with van der Waals surface area (Å²) in [4.78, 5) is 2.55. The maximum absolute atomic E-state index is 5.79. The Labute approximate surface area is 134 Å². The van der Waals surface area contributed by atoms with Crippen molar-refractivity contribution in [3.63, 3.8) is 0 Å². The second kappa shape index (κ2) is 8.02. The van der Waals surface area contributed by atoms with E-state index in [1.807, 2.05) is 0 Å². The van der Waals surface area contributed by atoms with Crippen LogP contribution in [0.1, 0.15) is 31.2 Å². The lowest BCUT2D eigenvalue weighted by molar-refractivity contribution is 0.188. The van der Waals surface area contributed by atoms with E-state index in [0.717, 1.165) is 31.4 Å². The minimum Gasteiger partial charge on any atom is -0.493 e. The zero-order chi connectivity index (χ0) is 13.8. The number of halogens is 1. The van der Waals surface area contributed by atoms with Crippen molar-refractivity contribution in [2.24, 2.45) is 5.92 Å². The molecular weight excluding hydrogens is 284 g/mol. The highest BCUT2D eigenvalue weighted by Crippen LogP contribution is 2.29. The zero-order valence-electron chi connectivity index (χ0n) is 12.9. The molecule has 2 aliphatic rings. The van der Waals surface area contributed by atoms with E-state index in [-0.39, 0.29) is 12.4 Å². The molecule has 0 amide bonds. The number of hydrogen-bond donors (Lipinski definition) is 1. The van der Waals surface area contributed by atoms with Crippen molar-refractivity contribution in [2.75, 3.05) is 26.7 Å². The van der Waals surface area contributed by atoms with Crippen LogP contribution in [0.5, 0.6) is 5.75 Å². The van der Waals surface area contributed by atoms with Gasteiger partial charge in [-0.05, 0) is 62.9 Å². The van der Waals surface area contributed by atoms with Crippen LogP contribution in [0.15, 0.2) is 24.3 Å². The number of piperidine rings is 1. The molecule has 1 aromatic rings. The first-order valence-electron chi connectivity index (χ1n) is 7.95. The third-order valence-electron chi connectivity index (χ3n) is 4.43. The van der Waals surface area contributed by atoms with Gasteiger partial charge in [-0.3, -0.25) is 4.90 Å². The molecule has 1 saturated carbocycles. The van der Waals surface area contributed by atoms with Gasteiger partial charge in [0.2, 0.25) is 0 Å². The summed E-state index contributed by atoms with van der Waals surface area (Å²) in [5.41, 5.74) is 1.39. The molecule has 1 saturated heterocycles. The molecule has 0 aromatic heterocycles. The molecule has 1 unspecified atom stereocenters. The minimum absolute atomic E-state index is 0. The summed E-state index contributed by atoms with van der Waals surface area (Å²) >= 11 is 0. The van der Waals surface area contributed by atoms with Gasteiger partial charge in [0, 0.05) is 19.1 Å². The lowest BCUT2D eigenvalue weighted by atomic mass is 10.1. The highest BCUT2D eigenvalue weighted by molar-refractivity contribution is 5.85. The summed E-state index contributed by atoms with van der Waals surface area (Å²) in [6.45, 7) is 4.34. The standard InChI is InChI=1S/C17H26N2O.ClH/c1-18-16-3-2-10-19(12-16)11-14-6-8-17(9-7-14)20-13-15-4-5-15;/h6-9,15-16,18H,2-5,10-13H2,1H3;1H. The van der Waals surface area contributed by atoms with E-state index in [2.05, 4.69) is 41.5 Å². The van der Waals surface area contributed by atoms with Crippen LogP contribution in [0, 0.1) is 5.92 Å². The van der Waals surface area contributed by atoms with Gasteiger partial charge in [0.15, 0.2) is 0 Å². The van der Waals surface area contributed by atoms with E-state index in [0.29, 0.717) is 6.04 Å².